The van der Waals surface area contributed by atoms with Gasteiger partial charge in [0.25, 0.3) is 0 Å². The number of piperidine rings is 1. The lowest BCUT2D eigenvalue weighted by Gasteiger charge is -2.32. The summed E-state index contributed by atoms with van der Waals surface area (Å²) >= 11 is 0. The molecule has 1 saturated heterocycles. The van der Waals surface area contributed by atoms with Crippen molar-refractivity contribution in [2.24, 2.45) is 0 Å². The largest absolute Gasteiger partial charge is 0.385 e. The van der Waals surface area contributed by atoms with E-state index in [1.807, 2.05) is 12.4 Å². The summed E-state index contributed by atoms with van der Waals surface area (Å²) in [7, 11) is 1.74. The molecular formula is C15H28N4O. The Labute approximate surface area is 122 Å². The summed E-state index contributed by atoms with van der Waals surface area (Å²) in [4.78, 5) is 6.98. The molecule has 5 heteroatoms. The predicted molar refractivity (Wildman–Crippen MR) is 82.1 cm³/mol. The zero-order chi connectivity index (χ0) is 14.2. The number of nitrogens with zero attached hydrogens (tertiary/aromatic N) is 3. The van der Waals surface area contributed by atoms with E-state index in [0.29, 0.717) is 6.04 Å². The maximum Gasteiger partial charge on any atom is 0.202 e. The van der Waals surface area contributed by atoms with Crippen LogP contribution in [0.2, 0.25) is 0 Å². The highest BCUT2D eigenvalue weighted by Gasteiger charge is 2.16. The number of imidazole rings is 1. The minimum atomic E-state index is 0.569. The van der Waals surface area contributed by atoms with E-state index in [1.165, 1.54) is 32.4 Å². The zero-order valence-corrected chi connectivity index (χ0v) is 12.8. The Hall–Kier alpha value is -1.07. The van der Waals surface area contributed by atoms with Crippen molar-refractivity contribution in [1.29, 1.82) is 0 Å². The van der Waals surface area contributed by atoms with E-state index < -0.39 is 0 Å². The molecule has 1 aliphatic heterocycles. The van der Waals surface area contributed by atoms with Crippen molar-refractivity contribution in [2.75, 3.05) is 38.7 Å². The fraction of sp³-hybridized carbons (Fsp3) is 0.800. The fourth-order valence-corrected chi connectivity index (χ4v) is 2.76. The molecule has 1 aliphatic rings. The molecule has 1 aromatic heterocycles. The molecule has 1 N–H and O–H groups in total. The molecule has 0 bridgehead atoms. The molecule has 0 saturated carbocycles. The minimum Gasteiger partial charge on any atom is -0.385 e. The van der Waals surface area contributed by atoms with Crippen LogP contribution in [0, 0.1) is 0 Å². The van der Waals surface area contributed by atoms with E-state index in [1.54, 1.807) is 7.11 Å². The van der Waals surface area contributed by atoms with Crippen LogP contribution >= 0.6 is 0 Å². The van der Waals surface area contributed by atoms with Crippen molar-refractivity contribution >= 4 is 5.95 Å². The van der Waals surface area contributed by atoms with E-state index in [0.717, 1.165) is 32.1 Å². The van der Waals surface area contributed by atoms with Crippen molar-refractivity contribution in [3.8, 4) is 0 Å². The summed E-state index contributed by atoms with van der Waals surface area (Å²) < 4.78 is 7.27. The molecule has 1 fully saturated rings. The lowest BCUT2D eigenvalue weighted by molar-refractivity contribution is 0.180. The highest BCUT2D eigenvalue weighted by atomic mass is 16.5. The molecule has 0 amide bonds. The second-order valence-electron chi connectivity index (χ2n) is 5.62. The van der Waals surface area contributed by atoms with E-state index in [2.05, 4.69) is 26.7 Å². The molecule has 0 aromatic carbocycles. The SMILES string of the molecule is COCCCn1ccnc1NCC(C)N1CCCCC1. The highest BCUT2D eigenvalue weighted by Crippen LogP contribution is 2.13. The van der Waals surface area contributed by atoms with Gasteiger partial charge in [-0.25, -0.2) is 4.98 Å². The molecule has 1 aromatic rings. The van der Waals surface area contributed by atoms with Crippen LogP contribution in [-0.2, 0) is 11.3 Å². The standard InChI is InChI=1S/C15H28N4O/c1-14(18-8-4-3-5-9-18)13-17-15-16-7-11-19(15)10-6-12-20-2/h7,11,14H,3-6,8-10,12-13H2,1-2H3,(H,16,17). The first-order valence-electron chi connectivity index (χ1n) is 7.79. The summed E-state index contributed by atoms with van der Waals surface area (Å²) in [6.07, 6.45) is 8.99. The van der Waals surface area contributed by atoms with Crippen molar-refractivity contribution in [2.45, 2.75) is 45.2 Å². The van der Waals surface area contributed by atoms with Gasteiger partial charge in [0.05, 0.1) is 0 Å². The third kappa shape index (κ3) is 4.49. The molecule has 1 unspecified atom stereocenters. The van der Waals surface area contributed by atoms with Gasteiger partial charge in [0.1, 0.15) is 0 Å². The Morgan fingerprint density at radius 2 is 2.15 bits per heavy atom. The third-order valence-corrected chi connectivity index (χ3v) is 4.03. The van der Waals surface area contributed by atoms with Gasteiger partial charge in [-0.05, 0) is 39.3 Å². The molecule has 20 heavy (non-hydrogen) atoms. The normalized spacial score (nSPS) is 18.1. The van der Waals surface area contributed by atoms with E-state index in [9.17, 15) is 0 Å². The van der Waals surface area contributed by atoms with Gasteiger partial charge in [-0.2, -0.15) is 0 Å². The first kappa shape index (κ1) is 15.3. The minimum absolute atomic E-state index is 0.569. The van der Waals surface area contributed by atoms with Crippen molar-refractivity contribution in [3.63, 3.8) is 0 Å². The number of aromatic nitrogens is 2. The molecule has 2 rings (SSSR count). The molecule has 5 nitrogen and oxygen atoms in total. The second kappa shape index (κ2) is 8.27. The van der Waals surface area contributed by atoms with Crippen LogP contribution in [0.4, 0.5) is 5.95 Å². The number of ether oxygens (including phenoxy) is 1. The maximum atomic E-state index is 5.10. The summed E-state index contributed by atoms with van der Waals surface area (Å²) in [5.41, 5.74) is 0. The number of methoxy groups -OCH3 is 1. The topological polar surface area (TPSA) is 42.3 Å². The number of rotatable bonds is 8. The van der Waals surface area contributed by atoms with Gasteiger partial charge in [-0.1, -0.05) is 6.42 Å². The third-order valence-electron chi connectivity index (χ3n) is 4.03. The van der Waals surface area contributed by atoms with Crippen LogP contribution < -0.4 is 5.32 Å². The first-order valence-corrected chi connectivity index (χ1v) is 7.79. The van der Waals surface area contributed by atoms with Crippen molar-refractivity contribution in [1.82, 2.24) is 14.5 Å². The smallest absolute Gasteiger partial charge is 0.202 e. The predicted octanol–water partition coefficient (Wildman–Crippen LogP) is 2.21. The lowest BCUT2D eigenvalue weighted by atomic mass is 10.1. The summed E-state index contributed by atoms with van der Waals surface area (Å²) in [6.45, 7) is 7.49. The summed E-state index contributed by atoms with van der Waals surface area (Å²) in [5, 5.41) is 3.49. The maximum absolute atomic E-state index is 5.10. The van der Waals surface area contributed by atoms with E-state index in [-0.39, 0.29) is 0 Å². The molecule has 114 valence electrons. The Balaban J connectivity index is 1.76. The molecule has 1 atom stereocenters. The van der Waals surface area contributed by atoms with E-state index >= 15 is 0 Å². The number of hydrogen-bond donors (Lipinski definition) is 1. The molecule has 0 radical (unpaired) electrons. The van der Waals surface area contributed by atoms with Crippen LogP contribution in [-0.4, -0.2) is 53.8 Å². The zero-order valence-electron chi connectivity index (χ0n) is 12.8. The van der Waals surface area contributed by atoms with Gasteiger partial charge in [0.15, 0.2) is 0 Å². The monoisotopic (exact) mass is 280 g/mol. The Morgan fingerprint density at radius 3 is 2.90 bits per heavy atom. The average molecular weight is 280 g/mol. The van der Waals surface area contributed by atoms with Crippen LogP contribution in [0.15, 0.2) is 12.4 Å². The number of anilines is 1. The average Bonchev–Trinajstić information content (AvgIpc) is 2.93. The number of aryl methyl sites for hydroxylation is 1. The van der Waals surface area contributed by atoms with Gasteiger partial charge in [0.2, 0.25) is 5.95 Å². The number of likely N-dealkylation sites (tertiary alicyclic amines) is 1. The van der Waals surface area contributed by atoms with Gasteiger partial charge < -0.3 is 14.6 Å². The Kier molecular flexibility index (Phi) is 6.33. The summed E-state index contributed by atoms with van der Waals surface area (Å²) in [6, 6.07) is 0.569. The fourth-order valence-electron chi connectivity index (χ4n) is 2.76. The van der Waals surface area contributed by atoms with Crippen molar-refractivity contribution < 1.29 is 4.74 Å². The molecule has 0 aliphatic carbocycles. The van der Waals surface area contributed by atoms with Crippen LogP contribution in [0.5, 0.6) is 0 Å². The molecular weight excluding hydrogens is 252 g/mol. The number of hydrogen-bond acceptors (Lipinski definition) is 4. The number of nitrogens with one attached hydrogen (secondary N) is 1. The quantitative estimate of drug-likeness (QED) is 0.741. The molecule has 2 heterocycles. The Bertz CT molecular complexity index is 374. The van der Waals surface area contributed by atoms with Crippen LogP contribution in [0.25, 0.3) is 0 Å². The lowest BCUT2D eigenvalue weighted by Crippen LogP contribution is -2.41. The Morgan fingerprint density at radius 1 is 1.35 bits per heavy atom. The second-order valence-corrected chi connectivity index (χ2v) is 5.62. The van der Waals surface area contributed by atoms with E-state index in [4.69, 9.17) is 4.74 Å². The van der Waals surface area contributed by atoms with Crippen molar-refractivity contribution in [3.05, 3.63) is 12.4 Å². The van der Waals surface area contributed by atoms with Gasteiger partial charge >= 0.3 is 0 Å². The molecule has 0 spiro atoms. The first-order chi connectivity index (χ1) is 9.81. The van der Waals surface area contributed by atoms with Gasteiger partial charge in [-0.15, -0.1) is 0 Å². The van der Waals surface area contributed by atoms with Crippen LogP contribution in [0.3, 0.4) is 0 Å². The van der Waals surface area contributed by atoms with Crippen LogP contribution in [0.1, 0.15) is 32.6 Å². The highest BCUT2D eigenvalue weighted by molar-refractivity contribution is 5.26. The van der Waals surface area contributed by atoms with Gasteiger partial charge in [-0.3, -0.25) is 4.90 Å². The van der Waals surface area contributed by atoms with Gasteiger partial charge in [0, 0.05) is 45.2 Å². The summed E-state index contributed by atoms with van der Waals surface area (Å²) in [5.74, 6) is 0.977.